The second-order valence-electron chi connectivity index (χ2n) is 2.08. The maximum absolute atomic E-state index is 10.3. The highest BCUT2D eigenvalue weighted by atomic mass is 35.5. The van der Waals surface area contributed by atoms with Crippen molar-refractivity contribution in [1.29, 1.82) is 0 Å². The first-order valence-electron chi connectivity index (χ1n) is 3.98. The second kappa shape index (κ2) is 12.7. The van der Waals surface area contributed by atoms with E-state index in [9.17, 15) is 9.59 Å². The molecule has 0 fully saturated rings. The first kappa shape index (κ1) is 16.1. The first-order valence-corrected chi connectivity index (χ1v) is 4.41. The van der Waals surface area contributed by atoms with E-state index in [0.29, 0.717) is 6.42 Å². The van der Waals surface area contributed by atoms with Gasteiger partial charge < -0.3 is 14.9 Å². The van der Waals surface area contributed by atoms with Gasteiger partial charge in [-0.25, -0.2) is 9.59 Å². The average Bonchev–Trinajstić information content (AvgIpc) is 2.18. The van der Waals surface area contributed by atoms with E-state index in [4.69, 9.17) is 21.8 Å². The number of rotatable bonds is 5. The molecule has 0 saturated carbocycles. The summed E-state index contributed by atoms with van der Waals surface area (Å²) in [6.45, 7) is 3.51. The lowest BCUT2D eigenvalue weighted by atomic mass is 10.5. The Morgan fingerprint density at radius 2 is 2.07 bits per heavy atom. The Balaban J connectivity index is 0. The van der Waals surface area contributed by atoms with Crippen molar-refractivity contribution in [3.05, 3.63) is 24.3 Å². The van der Waals surface area contributed by atoms with E-state index < -0.39 is 11.9 Å². The molecular formula is C9H13ClO5. The highest BCUT2D eigenvalue weighted by molar-refractivity contribution is 6.26. The fourth-order valence-corrected chi connectivity index (χ4v) is 0.458. The Kier molecular flexibility index (Phi) is 13.6. The predicted molar refractivity (Wildman–Crippen MR) is 55.5 cm³/mol. The van der Waals surface area contributed by atoms with Gasteiger partial charge in [0.2, 0.25) is 0 Å². The zero-order valence-corrected chi connectivity index (χ0v) is 8.81. The van der Waals surface area contributed by atoms with Crippen LogP contribution in [-0.2, 0) is 14.3 Å². The number of aliphatic carboxylic acids is 1. The number of aliphatic hydroxyl groups excluding tert-OH is 1. The third-order valence-corrected chi connectivity index (χ3v) is 1.04. The Labute approximate surface area is 92.6 Å². The quantitative estimate of drug-likeness (QED) is 0.421. The number of hydrogen-bond acceptors (Lipinski definition) is 4. The summed E-state index contributed by atoms with van der Waals surface area (Å²) < 4.78 is 4.51. The first-order chi connectivity index (χ1) is 7.08. The van der Waals surface area contributed by atoms with Gasteiger partial charge in [0.25, 0.3) is 0 Å². The molecule has 0 radical (unpaired) electrons. The van der Waals surface area contributed by atoms with Crippen LogP contribution in [0.1, 0.15) is 6.42 Å². The van der Waals surface area contributed by atoms with Crippen molar-refractivity contribution in [1.82, 2.24) is 0 Å². The zero-order valence-electron chi connectivity index (χ0n) is 8.06. The standard InChI is InChI=1S/C6H10O3.C3H3ClO2/c1-2-6(8)9-5-3-4-7;4-2-1-3(5)6/h2,7H,1,3-5H2;1-2H,(H,5,6). The summed E-state index contributed by atoms with van der Waals surface area (Å²) in [6, 6.07) is 0. The summed E-state index contributed by atoms with van der Waals surface area (Å²) in [4.78, 5) is 19.7. The van der Waals surface area contributed by atoms with E-state index in [0.717, 1.165) is 17.7 Å². The van der Waals surface area contributed by atoms with Crippen LogP contribution in [0.25, 0.3) is 0 Å². The van der Waals surface area contributed by atoms with Crippen LogP contribution in [0.3, 0.4) is 0 Å². The minimum Gasteiger partial charge on any atom is -0.478 e. The molecule has 0 heterocycles. The van der Waals surface area contributed by atoms with Crippen LogP contribution >= 0.6 is 11.6 Å². The Bertz CT molecular complexity index is 225. The summed E-state index contributed by atoms with van der Waals surface area (Å²) in [5.41, 5.74) is 0.947. The van der Waals surface area contributed by atoms with Gasteiger partial charge in [-0.05, 0) is 0 Å². The van der Waals surface area contributed by atoms with Gasteiger partial charge in [-0.15, -0.1) is 0 Å². The van der Waals surface area contributed by atoms with Crippen molar-refractivity contribution in [2.45, 2.75) is 6.42 Å². The zero-order chi connectivity index (χ0) is 12.1. The van der Waals surface area contributed by atoms with Gasteiger partial charge in [-0.3, -0.25) is 0 Å². The molecule has 0 aliphatic rings. The Hall–Kier alpha value is -1.33. The molecule has 0 spiro atoms. The molecule has 0 amide bonds. The summed E-state index contributed by atoms with van der Waals surface area (Å²) in [7, 11) is 0. The van der Waals surface area contributed by atoms with Gasteiger partial charge >= 0.3 is 11.9 Å². The van der Waals surface area contributed by atoms with Crippen molar-refractivity contribution < 1.29 is 24.5 Å². The molecule has 0 bridgehead atoms. The second-order valence-corrected chi connectivity index (χ2v) is 2.33. The molecule has 0 aromatic carbocycles. The molecule has 2 N–H and O–H groups in total. The van der Waals surface area contributed by atoms with Crippen molar-refractivity contribution in [3.63, 3.8) is 0 Å². The summed E-state index contributed by atoms with van der Waals surface area (Å²) >= 11 is 4.84. The molecule has 0 rings (SSSR count). The molecule has 5 nitrogen and oxygen atoms in total. The number of ether oxygens (including phenoxy) is 1. The predicted octanol–water partition coefficient (Wildman–Crippen LogP) is 0.921. The topological polar surface area (TPSA) is 83.8 Å². The van der Waals surface area contributed by atoms with Gasteiger partial charge in [0.15, 0.2) is 0 Å². The van der Waals surface area contributed by atoms with Gasteiger partial charge in [0.1, 0.15) is 0 Å². The molecule has 86 valence electrons. The molecule has 0 aromatic heterocycles. The van der Waals surface area contributed by atoms with E-state index in [1.54, 1.807) is 0 Å². The number of halogens is 1. The van der Waals surface area contributed by atoms with Gasteiger partial charge in [0, 0.05) is 30.7 Å². The number of aliphatic hydroxyl groups is 1. The molecule has 6 heteroatoms. The fraction of sp³-hybridized carbons (Fsp3) is 0.333. The molecular weight excluding hydrogens is 224 g/mol. The summed E-state index contributed by atoms with van der Waals surface area (Å²) in [6.07, 6.45) is 2.43. The molecule has 0 atom stereocenters. The molecule has 0 aromatic rings. The Morgan fingerprint density at radius 1 is 1.47 bits per heavy atom. The number of carbonyl (C=O) groups excluding carboxylic acids is 1. The van der Waals surface area contributed by atoms with Crippen molar-refractivity contribution in [2.75, 3.05) is 13.2 Å². The third-order valence-electron chi connectivity index (χ3n) is 0.919. The third kappa shape index (κ3) is 19.2. The lowest BCUT2D eigenvalue weighted by Crippen LogP contribution is -2.02. The molecule has 0 unspecified atom stereocenters. The van der Waals surface area contributed by atoms with Crippen LogP contribution in [0.15, 0.2) is 24.3 Å². The van der Waals surface area contributed by atoms with E-state index in [2.05, 4.69) is 11.3 Å². The van der Waals surface area contributed by atoms with E-state index >= 15 is 0 Å². The van der Waals surface area contributed by atoms with Crippen LogP contribution in [0.4, 0.5) is 0 Å². The maximum atomic E-state index is 10.3. The van der Waals surface area contributed by atoms with Crippen LogP contribution < -0.4 is 0 Å². The van der Waals surface area contributed by atoms with Gasteiger partial charge in [-0.2, -0.15) is 0 Å². The van der Waals surface area contributed by atoms with E-state index in [1.165, 1.54) is 0 Å². The van der Waals surface area contributed by atoms with E-state index in [-0.39, 0.29) is 13.2 Å². The number of esters is 1. The highest BCUT2D eigenvalue weighted by Gasteiger charge is 1.91. The maximum Gasteiger partial charge on any atom is 0.330 e. The average molecular weight is 237 g/mol. The van der Waals surface area contributed by atoms with E-state index in [1.807, 2.05) is 0 Å². The summed E-state index contributed by atoms with van der Waals surface area (Å²) in [5, 5.41) is 16.0. The molecule has 0 aliphatic heterocycles. The number of hydrogen-bond donors (Lipinski definition) is 2. The lowest BCUT2D eigenvalue weighted by molar-refractivity contribution is -0.138. The normalized spacial score (nSPS) is 8.93. The smallest absolute Gasteiger partial charge is 0.330 e. The minimum absolute atomic E-state index is 0.0461. The minimum atomic E-state index is -1.02. The number of carboxylic acids is 1. The Morgan fingerprint density at radius 3 is 2.33 bits per heavy atom. The van der Waals surface area contributed by atoms with Crippen molar-refractivity contribution in [2.24, 2.45) is 0 Å². The molecule has 15 heavy (non-hydrogen) atoms. The lowest BCUT2D eigenvalue weighted by Gasteiger charge is -1.96. The van der Waals surface area contributed by atoms with Gasteiger partial charge in [-0.1, -0.05) is 18.2 Å². The SMILES string of the molecule is C=CC(=O)OCCCO.O=C(O)C=CCl. The number of carboxylic acid groups (broad SMARTS) is 1. The monoisotopic (exact) mass is 236 g/mol. The largest absolute Gasteiger partial charge is 0.478 e. The highest BCUT2D eigenvalue weighted by Crippen LogP contribution is 1.82. The van der Waals surface area contributed by atoms with Crippen LogP contribution in [-0.4, -0.2) is 35.4 Å². The van der Waals surface area contributed by atoms with Crippen molar-refractivity contribution >= 4 is 23.5 Å². The van der Waals surface area contributed by atoms with Crippen LogP contribution in [0.5, 0.6) is 0 Å². The number of carbonyl (C=O) groups is 2. The van der Waals surface area contributed by atoms with Crippen molar-refractivity contribution in [3.8, 4) is 0 Å². The summed E-state index contributed by atoms with van der Waals surface area (Å²) in [5.74, 6) is -1.46. The fourth-order valence-electron chi connectivity index (χ4n) is 0.350. The molecule has 0 aliphatic carbocycles. The van der Waals surface area contributed by atoms with Crippen LogP contribution in [0, 0.1) is 0 Å². The molecule has 0 saturated heterocycles. The van der Waals surface area contributed by atoms with Gasteiger partial charge in [0.05, 0.1) is 6.61 Å². The van der Waals surface area contributed by atoms with Crippen LogP contribution in [0.2, 0.25) is 0 Å².